The van der Waals surface area contributed by atoms with Crippen molar-refractivity contribution < 1.29 is 27.4 Å². The Kier molecular flexibility index (Phi) is 7.04. The number of likely N-dealkylation sites (tertiary alicyclic amines) is 1. The number of hydrogen-bond acceptors (Lipinski definition) is 5. The summed E-state index contributed by atoms with van der Waals surface area (Å²) in [5, 5.41) is 4.49. The minimum absolute atomic E-state index is 0.0445. The van der Waals surface area contributed by atoms with Crippen LogP contribution in [0.15, 0.2) is 29.1 Å². The van der Waals surface area contributed by atoms with Crippen molar-refractivity contribution >= 4 is 5.91 Å². The second-order valence-corrected chi connectivity index (χ2v) is 7.24. The van der Waals surface area contributed by atoms with E-state index in [0.29, 0.717) is 57.0 Å². The van der Waals surface area contributed by atoms with Crippen molar-refractivity contribution in [3.63, 3.8) is 0 Å². The SMILES string of the molecule is CCn1c(C2CCN(C(=O)c3ccc(OC(F)(F)F)cc3)CC2)nn(CCOC)c1=O. The Bertz CT molecular complexity index is 945. The van der Waals surface area contributed by atoms with Crippen LogP contribution in [-0.4, -0.2) is 58.3 Å². The summed E-state index contributed by atoms with van der Waals surface area (Å²) in [7, 11) is 1.56. The highest BCUT2D eigenvalue weighted by Gasteiger charge is 2.31. The first-order chi connectivity index (χ1) is 14.7. The van der Waals surface area contributed by atoms with E-state index in [-0.39, 0.29) is 23.3 Å². The molecule has 0 atom stereocenters. The average molecular weight is 442 g/mol. The monoisotopic (exact) mass is 442 g/mol. The molecule has 0 N–H and O–H groups in total. The van der Waals surface area contributed by atoms with Gasteiger partial charge >= 0.3 is 12.1 Å². The number of benzene rings is 1. The fourth-order valence-electron chi connectivity index (χ4n) is 3.70. The molecule has 1 fully saturated rings. The maximum atomic E-state index is 12.7. The van der Waals surface area contributed by atoms with Gasteiger partial charge in [0.2, 0.25) is 0 Å². The molecule has 11 heteroatoms. The summed E-state index contributed by atoms with van der Waals surface area (Å²) in [6.45, 7) is 4.09. The fraction of sp³-hybridized carbons (Fsp3) is 0.550. The van der Waals surface area contributed by atoms with Crippen LogP contribution in [0.25, 0.3) is 0 Å². The molecule has 1 aromatic carbocycles. The summed E-state index contributed by atoms with van der Waals surface area (Å²) in [5.74, 6) is 0.132. The lowest BCUT2D eigenvalue weighted by Crippen LogP contribution is -2.38. The van der Waals surface area contributed by atoms with Crippen LogP contribution >= 0.6 is 0 Å². The molecule has 3 rings (SSSR count). The van der Waals surface area contributed by atoms with E-state index in [4.69, 9.17) is 4.74 Å². The minimum atomic E-state index is -4.77. The smallest absolute Gasteiger partial charge is 0.406 e. The number of piperidine rings is 1. The first-order valence-corrected chi connectivity index (χ1v) is 10.0. The lowest BCUT2D eigenvalue weighted by atomic mass is 9.95. The van der Waals surface area contributed by atoms with Gasteiger partial charge < -0.3 is 14.4 Å². The molecule has 0 saturated carbocycles. The van der Waals surface area contributed by atoms with Crippen LogP contribution < -0.4 is 10.4 Å². The summed E-state index contributed by atoms with van der Waals surface area (Å²) in [5.41, 5.74) is 0.122. The molecule has 0 radical (unpaired) electrons. The number of carbonyl (C=O) groups is 1. The van der Waals surface area contributed by atoms with Crippen molar-refractivity contribution in [1.82, 2.24) is 19.2 Å². The Balaban J connectivity index is 1.64. The van der Waals surface area contributed by atoms with Crippen LogP contribution in [0, 0.1) is 0 Å². The zero-order chi connectivity index (χ0) is 22.6. The summed E-state index contributed by atoms with van der Waals surface area (Å²) < 4.78 is 48.8. The predicted octanol–water partition coefficient (Wildman–Crippen LogP) is 2.63. The van der Waals surface area contributed by atoms with Crippen LogP contribution in [0.3, 0.4) is 0 Å². The number of amides is 1. The lowest BCUT2D eigenvalue weighted by molar-refractivity contribution is -0.274. The predicted molar refractivity (Wildman–Crippen MR) is 105 cm³/mol. The Morgan fingerprint density at radius 3 is 2.39 bits per heavy atom. The molecule has 0 bridgehead atoms. The first-order valence-electron chi connectivity index (χ1n) is 10.0. The van der Waals surface area contributed by atoms with E-state index < -0.39 is 6.36 Å². The zero-order valence-electron chi connectivity index (χ0n) is 17.4. The Hall–Kier alpha value is -2.82. The standard InChI is InChI=1S/C20H25F3N4O4/c1-3-26-17(24-27(19(26)29)12-13-30-2)14-8-10-25(11-9-14)18(28)15-4-6-16(7-5-15)31-20(21,22)23/h4-7,14H,3,8-13H2,1-2H3. The maximum Gasteiger partial charge on any atom is 0.573 e. The number of aromatic nitrogens is 3. The molecule has 1 amide bonds. The van der Waals surface area contributed by atoms with Gasteiger partial charge in [-0.25, -0.2) is 9.48 Å². The number of halogens is 3. The third-order valence-electron chi connectivity index (χ3n) is 5.26. The van der Waals surface area contributed by atoms with E-state index in [0.717, 1.165) is 12.1 Å². The molecule has 170 valence electrons. The highest BCUT2D eigenvalue weighted by Crippen LogP contribution is 2.28. The van der Waals surface area contributed by atoms with Crippen molar-refractivity contribution in [2.75, 3.05) is 26.8 Å². The van der Waals surface area contributed by atoms with Crippen molar-refractivity contribution in [1.29, 1.82) is 0 Å². The lowest BCUT2D eigenvalue weighted by Gasteiger charge is -2.31. The topological polar surface area (TPSA) is 78.6 Å². The molecule has 31 heavy (non-hydrogen) atoms. The molecule has 1 aliphatic rings. The van der Waals surface area contributed by atoms with Gasteiger partial charge in [-0.3, -0.25) is 9.36 Å². The second-order valence-electron chi connectivity index (χ2n) is 7.24. The van der Waals surface area contributed by atoms with E-state index in [1.54, 1.807) is 16.6 Å². The summed E-state index contributed by atoms with van der Waals surface area (Å²) in [6.07, 6.45) is -3.49. The van der Waals surface area contributed by atoms with E-state index in [1.165, 1.54) is 16.8 Å². The Morgan fingerprint density at radius 2 is 1.84 bits per heavy atom. The third-order valence-corrected chi connectivity index (χ3v) is 5.26. The van der Waals surface area contributed by atoms with Crippen molar-refractivity contribution in [2.24, 2.45) is 0 Å². The minimum Gasteiger partial charge on any atom is -0.406 e. The zero-order valence-corrected chi connectivity index (χ0v) is 17.4. The van der Waals surface area contributed by atoms with Gasteiger partial charge in [0.05, 0.1) is 13.2 Å². The summed E-state index contributed by atoms with van der Waals surface area (Å²) in [6, 6.07) is 4.89. The molecule has 0 spiro atoms. The molecule has 2 aromatic rings. The van der Waals surface area contributed by atoms with E-state index in [1.807, 2.05) is 6.92 Å². The fourth-order valence-corrected chi connectivity index (χ4v) is 3.70. The number of rotatable bonds is 7. The van der Waals surface area contributed by atoms with E-state index >= 15 is 0 Å². The molecule has 1 aromatic heterocycles. The molecule has 1 aliphatic heterocycles. The quantitative estimate of drug-likeness (QED) is 0.659. The largest absolute Gasteiger partial charge is 0.573 e. The second kappa shape index (κ2) is 9.54. The third kappa shape index (κ3) is 5.46. The first kappa shape index (κ1) is 22.9. The van der Waals surface area contributed by atoms with Gasteiger partial charge in [0, 0.05) is 38.2 Å². The molecular weight excluding hydrogens is 417 g/mol. The molecular formula is C20H25F3N4O4. The van der Waals surface area contributed by atoms with Crippen molar-refractivity contribution in [3.05, 3.63) is 46.1 Å². The molecule has 0 unspecified atom stereocenters. The number of nitrogens with zero attached hydrogens (tertiary/aromatic N) is 4. The molecule has 1 saturated heterocycles. The van der Waals surface area contributed by atoms with Gasteiger partial charge in [0.25, 0.3) is 5.91 Å². The molecule has 8 nitrogen and oxygen atoms in total. The molecule has 2 heterocycles. The van der Waals surface area contributed by atoms with Crippen LogP contribution in [0.5, 0.6) is 5.75 Å². The number of ether oxygens (including phenoxy) is 2. The number of hydrogen-bond donors (Lipinski definition) is 0. The van der Waals surface area contributed by atoms with Gasteiger partial charge in [-0.05, 0) is 44.0 Å². The van der Waals surface area contributed by atoms with E-state index in [9.17, 15) is 22.8 Å². The number of carbonyl (C=O) groups excluding carboxylic acids is 1. The normalized spacial score (nSPS) is 15.3. The van der Waals surface area contributed by atoms with E-state index in [2.05, 4.69) is 9.84 Å². The maximum absolute atomic E-state index is 12.7. The average Bonchev–Trinajstić information content (AvgIpc) is 3.06. The Morgan fingerprint density at radius 1 is 1.19 bits per heavy atom. The van der Waals surface area contributed by atoms with Crippen LogP contribution in [0.2, 0.25) is 0 Å². The van der Waals surface area contributed by atoms with Gasteiger partial charge in [0.15, 0.2) is 0 Å². The van der Waals surface area contributed by atoms with Gasteiger partial charge in [0.1, 0.15) is 11.6 Å². The van der Waals surface area contributed by atoms with Crippen LogP contribution in [0.1, 0.15) is 41.9 Å². The highest BCUT2D eigenvalue weighted by atomic mass is 19.4. The molecule has 0 aliphatic carbocycles. The summed E-state index contributed by atoms with van der Waals surface area (Å²) >= 11 is 0. The highest BCUT2D eigenvalue weighted by molar-refractivity contribution is 5.94. The number of methoxy groups -OCH3 is 1. The van der Waals surface area contributed by atoms with Crippen LogP contribution in [-0.2, 0) is 17.8 Å². The van der Waals surface area contributed by atoms with Crippen molar-refractivity contribution in [2.45, 2.75) is 45.1 Å². The van der Waals surface area contributed by atoms with Gasteiger partial charge in [-0.1, -0.05) is 0 Å². The van der Waals surface area contributed by atoms with Gasteiger partial charge in [-0.15, -0.1) is 13.2 Å². The number of alkyl halides is 3. The van der Waals surface area contributed by atoms with Crippen LogP contribution in [0.4, 0.5) is 13.2 Å². The Labute approximate surface area is 177 Å². The van der Waals surface area contributed by atoms with Gasteiger partial charge in [-0.2, -0.15) is 5.10 Å². The van der Waals surface area contributed by atoms with Crippen molar-refractivity contribution in [3.8, 4) is 5.75 Å². The summed E-state index contributed by atoms with van der Waals surface area (Å²) in [4.78, 5) is 26.9.